The molecule has 1 aliphatic carbocycles. The minimum absolute atomic E-state index is 0.634. The van der Waals surface area contributed by atoms with E-state index in [2.05, 4.69) is 17.3 Å². The van der Waals surface area contributed by atoms with Gasteiger partial charge in [0, 0.05) is 18.4 Å². The molecule has 78 valence electrons. The van der Waals surface area contributed by atoms with Crippen molar-refractivity contribution in [3.8, 4) is 0 Å². The van der Waals surface area contributed by atoms with Gasteiger partial charge in [-0.2, -0.15) is 5.10 Å². The molecule has 0 bridgehead atoms. The second kappa shape index (κ2) is 4.60. The molecule has 2 rings (SSSR count). The fourth-order valence-electron chi connectivity index (χ4n) is 1.82. The summed E-state index contributed by atoms with van der Waals surface area (Å²) in [6.07, 6.45) is 7.89. The lowest BCUT2D eigenvalue weighted by atomic mass is 10.2. The van der Waals surface area contributed by atoms with E-state index in [9.17, 15) is 0 Å². The van der Waals surface area contributed by atoms with Crippen molar-refractivity contribution in [2.75, 3.05) is 6.54 Å². The molecule has 1 N–H and O–H groups in total. The van der Waals surface area contributed by atoms with Gasteiger partial charge in [0.2, 0.25) is 0 Å². The molecule has 1 aromatic rings. The molecule has 0 aliphatic heterocycles. The van der Waals surface area contributed by atoms with Gasteiger partial charge >= 0.3 is 0 Å². The quantitative estimate of drug-likeness (QED) is 0.744. The molecule has 1 aromatic heterocycles. The third-order valence-electron chi connectivity index (χ3n) is 2.79. The molecule has 1 fully saturated rings. The molecule has 0 saturated heterocycles. The predicted octanol–water partition coefficient (Wildman–Crippen LogP) is 1.66. The van der Waals surface area contributed by atoms with Crippen molar-refractivity contribution < 1.29 is 0 Å². The van der Waals surface area contributed by atoms with E-state index >= 15 is 0 Å². The van der Waals surface area contributed by atoms with E-state index in [1.165, 1.54) is 19.3 Å². The van der Waals surface area contributed by atoms with Gasteiger partial charge < -0.3 is 5.32 Å². The highest BCUT2D eigenvalue weighted by Gasteiger charge is 2.30. The molecule has 3 heteroatoms. The third kappa shape index (κ3) is 2.58. The van der Waals surface area contributed by atoms with Crippen molar-refractivity contribution in [2.45, 2.75) is 38.8 Å². The Bertz CT molecular complexity index is 252. The van der Waals surface area contributed by atoms with Crippen LogP contribution in [0.4, 0.5) is 0 Å². The summed E-state index contributed by atoms with van der Waals surface area (Å²) >= 11 is 0. The molecule has 1 aliphatic rings. The Morgan fingerprint density at radius 3 is 3.00 bits per heavy atom. The molecule has 1 saturated carbocycles. The molecule has 0 radical (unpaired) electrons. The summed E-state index contributed by atoms with van der Waals surface area (Å²) < 4.78 is 2.03. The van der Waals surface area contributed by atoms with Crippen molar-refractivity contribution in [3.05, 3.63) is 18.5 Å². The van der Waals surface area contributed by atoms with Gasteiger partial charge in [-0.1, -0.05) is 6.92 Å². The fraction of sp³-hybridized carbons (Fsp3) is 0.727. The maximum Gasteiger partial charge on any atom is 0.0565 e. The Morgan fingerprint density at radius 2 is 2.43 bits per heavy atom. The topological polar surface area (TPSA) is 29.9 Å². The van der Waals surface area contributed by atoms with Crippen molar-refractivity contribution in [1.29, 1.82) is 0 Å². The average molecular weight is 193 g/mol. The van der Waals surface area contributed by atoms with Crippen LogP contribution in [0.2, 0.25) is 0 Å². The van der Waals surface area contributed by atoms with E-state index in [-0.39, 0.29) is 0 Å². The monoisotopic (exact) mass is 193 g/mol. The van der Waals surface area contributed by atoms with E-state index in [0.717, 1.165) is 19.0 Å². The normalized spacial score (nSPS) is 18.4. The Kier molecular flexibility index (Phi) is 3.19. The summed E-state index contributed by atoms with van der Waals surface area (Å²) in [5, 5.41) is 7.86. The van der Waals surface area contributed by atoms with Gasteiger partial charge in [0.05, 0.1) is 6.54 Å². The van der Waals surface area contributed by atoms with Crippen LogP contribution in [0.15, 0.2) is 18.5 Å². The summed E-state index contributed by atoms with van der Waals surface area (Å²) in [6, 6.07) is 2.62. The number of nitrogens with one attached hydrogen (secondary N) is 1. The van der Waals surface area contributed by atoms with Gasteiger partial charge in [0.1, 0.15) is 0 Å². The highest BCUT2D eigenvalue weighted by atomic mass is 15.3. The van der Waals surface area contributed by atoms with Crippen molar-refractivity contribution in [2.24, 2.45) is 5.92 Å². The second-order valence-corrected chi connectivity index (χ2v) is 4.13. The van der Waals surface area contributed by atoms with E-state index in [0.29, 0.717) is 6.04 Å². The van der Waals surface area contributed by atoms with E-state index < -0.39 is 0 Å². The first-order chi connectivity index (χ1) is 6.90. The second-order valence-electron chi connectivity index (χ2n) is 4.13. The minimum atomic E-state index is 0.634. The number of rotatable bonds is 6. The summed E-state index contributed by atoms with van der Waals surface area (Å²) in [6.45, 7) is 4.37. The maximum absolute atomic E-state index is 4.25. The zero-order valence-electron chi connectivity index (χ0n) is 8.82. The lowest BCUT2D eigenvalue weighted by Gasteiger charge is -2.17. The van der Waals surface area contributed by atoms with Crippen LogP contribution >= 0.6 is 0 Å². The van der Waals surface area contributed by atoms with Gasteiger partial charge in [-0.15, -0.1) is 0 Å². The van der Waals surface area contributed by atoms with Crippen LogP contribution in [0.3, 0.4) is 0 Å². The van der Waals surface area contributed by atoms with Crippen LogP contribution in [0.25, 0.3) is 0 Å². The smallest absolute Gasteiger partial charge is 0.0565 e. The van der Waals surface area contributed by atoms with Gasteiger partial charge in [-0.25, -0.2) is 0 Å². The van der Waals surface area contributed by atoms with Gasteiger partial charge in [-0.05, 0) is 37.8 Å². The van der Waals surface area contributed by atoms with Crippen LogP contribution in [0, 0.1) is 5.92 Å². The molecule has 0 amide bonds. The minimum Gasteiger partial charge on any atom is -0.312 e. The van der Waals surface area contributed by atoms with E-state index in [1.54, 1.807) is 0 Å². The van der Waals surface area contributed by atoms with Gasteiger partial charge in [0.15, 0.2) is 0 Å². The van der Waals surface area contributed by atoms with Gasteiger partial charge in [-0.3, -0.25) is 4.68 Å². The predicted molar refractivity (Wildman–Crippen MR) is 57.0 cm³/mol. The Labute approximate surface area is 85.5 Å². The first-order valence-corrected chi connectivity index (χ1v) is 5.61. The van der Waals surface area contributed by atoms with Crippen LogP contribution < -0.4 is 5.32 Å². The molecule has 1 atom stereocenters. The zero-order chi connectivity index (χ0) is 9.80. The maximum atomic E-state index is 4.25. The van der Waals surface area contributed by atoms with E-state index in [1.807, 2.05) is 23.1 Å². The van der Waals surface area contributed by atoms with E-state index in [4.69, 9.17) is 0 Å². The zero-order valence-corrected chi connectivity index (χ0v) is 8.82. The SMILES string of the molecule is CCCNC(Cn1cccn1)C1CC1. The van der Waals surface area contributed by atoms with Crippen molar-refractivity contribution in [3.63, 3.8) is 0 Å². The lowest BCUT2D eigenvalue weighted by molar-refractivity contribution is 0.390. The van der Waals surface area contributed by atoms with Crippen molar-refractivity contribution in [1.82, 2.24) is 15.1 Å². The lowest BCUT2D eigenvalue weighted by Crippen LogP contribution is -2.35. The van der Waals surface area contributed by atoms with Crippen LogP contribution in [0.5, 0.6) is 0 Å². The molecule has 0 spiro atoms. The largest absolute Gasteiger partial charge is 0.312 e. The first-order valence-electron chi connectivity index (χ1n) is 5.61. The number of hydrogen-bond acceptors (Lipinski definition) is 2. The van der Waals surface area contributed by atoms with Crippen LogP contribution in [-0.4, -0.2) is 22.4 Å². The fourth-order valence-corrected chi connectivity index (χ4v) is 1.82. The third-order valence-corrected chi connectivity index (χ3v) is 2.79. The Balaban J connectivity index is 1.84. The summed E-state index contributed by atoms with van der Waals surface area (Å²) in [7, 11) is 0. The number of nitrogens with zero attached hydrogens (tertiary/aromatic N) is 2. The standard InChI is InChI=1S/C11H19N3/c1-2-6-12-11(10-4-5-10)9-14-8-3-7-13-14/h3,7-8,10-12H,2,4-6,9H2,1H3. The van der Waals surface area contributed by atoms with Gasteiger partial charge in [0.25, 0.3) is 0 Å². The molecule has 0 aromatic carbocycles. The molecule has 1 unspecified atom stereocenters. The summed E-state index contributed by atoms with van der Waals surface area (Å²) in [5.74, 6) is 0.894. The molecular weight excluding hydrogens is 174 g/mol. The Morgan fingerprint density at radius 1 is 1.57 bits per heavy atom. The molecular formula is C11H19N3. The molecule has 1 heterocycles. The summed E-state index contributed by atoms with van der Waals surface area (Å²) in [4.78, 5) is 0. The average Bonchev–Trinajstić information content (AvgIpc) is 2.92. The highest BCUT2D eigenvalue weighted by molar-refractivity contribution is 4.88. The highest BCUT2D eigenvalue weighted by Crippen LogP contribution is 2.33. The van der Waals surface area contributed by atoms with Crippen molar-refractivity contribution >= 4 is 0 Å². The Hall–Kier alpha value is -0.830. The first kappa shape index (κ1) is 9.71. The molecule has 3 nitrogen and oxygen atoms in total. The number of hydrogen-bond donors (Lipinski definition) is 1. The number of aromatic nitrogens is 2. The van der Waals surface area contributed by atoms with Crippen LogP contribution in [0.1, 0.15) is 26.2 Å². The summed E-state index contributed by atoms with van der Waals surface area (Å²) in [5.41, 5.74) is 0. The molecule has 14 heavy (non-hydrogen) atoms. The van der Waals surface area contributed by atoms with Crippen LogP contribution in [-0.2, 0) is 6.54 Å².